The summed E-state index contributed by atoms with van der Waals surface area (Å²) in [6, 6.07) is 9.61. The number of hydrogen-bond acceptors (Lipinski definition) is 7. The summed E-state index contributed by atoms with van der Waals surface area (Å²) in [6.07, 6.45) is 0.284. The van der Waals surface area contributed by atoms with Crippen LogP contribution in [0.2, 0.25) is 0 Å². The van der Waals surface area contributed by atoms with Crippen molar-refractivity contribution in [3.63, 3.8) is 0 Å². The zero-order chi connectivity index (χ0) is 26.9. The summed E-state index contributed by atoms with van der Waals surface area (Å²) in [5.74, 6) is -3.68. The van der Waals surface area contributed by atoms with E-state index < -0.39 is 44.2 Å². The first-order valence-electron chi connectivity index (χ1n) is 11.1. The Bertz CT molecular complexity index is 1470. The van der Waals surface area contributed by atoms with Gasteiger partial charge in [0.15, 0.2) is 5.78 Å². The van der Waals surface area contributed by atoms with Crippen molar-refractivity contribution in [3.05, 3.63) is 91.8 Å². The molecule has 2 aromatic carbocycles. The Labute approximate surface area is 214 Å². The molecule has 2 N–H and O–H groups in total. The quantitative estimate of drug-likeness (QED) is 0.257. The molecule has 1 saturated heterocycles. The number of piperidine rings is 1. The van der Waals surface area contributed by atoms with Gasteiger partial charge >= 0.3 is 0 Å². The van der Waals surface area contributed by atoms with Crippen molar-refractivity contribution in [2.75, 3.05) is 13.1 Å². The van der Waals surface area contributed by atoms with Crippen LogP contribution in [0.25, 0.3) is 0 Å². The maximum Gasteiger partial charge on any atom is 0.273 e. The summed E-state index contributed by atoms with van der Waals surface area (Å²) < 4.78 is 54.8. The van der Waals surface area contributed by atoms with E-state index in [1.807, 2.05) is 0 Å². The predicted octanol–water partition coefficient (Wildman–Crippen LogP) is 3.91. The SMILES string of the molecule is NC(=O)c1cccc([N+](=O)[O-])c1Cc1ccc(S(=O)(=O)N2CCC(C(=O)c3ccc(F)cc3F)CC2)s1. The number of sulfonamides is 1. The fraction of sp³-hybridized carbons (Fsp3) is 0.250. The highest BCUT2D eigenvalue weighted by molar-refractivity contribution is 7.91. The Morgan fingerprint density at radius 3 is 2.41 bits per heavy atom. The molecule has 37 heavy (non-hydrogen) atoms. The molecule has 1 aliphatic heterocycles. The number of carbonyl (C=O) groups excluding carboxylic acids is 2. The number of thiophene rings is 1. The molecule has 0 saturated carbocycles. The zero-order valence-electron chi connectivity index (χ0n) is 19.2. The van der Waals surface area contributed by atoms with Gasteiger partial charge in [0.25, 0.3) is 15.7 Å². The number of nitrogens with zero attached hydrogens (tertiary/aromatic N) is 2. The molecule has 0 aliphatic carbocycles. The second kappa shape index (κ2) is 10.4. The van der Waals surface area contributed by atoms with E-state index in [1.54, 1.807) is 0 Å². The van der Waals surface area contributed by atoms with Crippen molar-refractivity contribution in [1.29, 1.82) is 0 Å². The van der Waals surface area contributed by atoms with Crippen molar-refractivity contribution in [2.45, 2.75) is 23.5 Å². The van der Waals surface area contributed by atoms with Gasteiger partial charge in [-0.25, -0.2) is 17.2 Å². The number of Topliss-reactive ketones (excluding diaryl/α,β-unsaturated/α-hetero) is 1. The largest absolute Gasteiger partial charge is 0.366 e. The van der Waals surface area contributed by atoms with Crippen molar-refractivity contribution < 1.29 is 31.7 Å². The van der Waals surface area contributed by atoms with Crippen molar-refractivity contribution >= 4 is 38.7 Å². The smallest absolute Gasteiger partial charge is 0.273 e. The van der Waals surface area contributed by atoms with E-state index in [1.165, 1.54) is 34.6 Å². The van der Waals surface area contributed by atoms with Crippen molar-refractivity contribution in [3.8, 4) is 0 Å². The van der Waals surface area contributed by atoms with Gasteiger partial charge in [0.05, 0.1) is 10.5 Å². The van der Waals surface area contributed by atoms with E-state index in [2.05, 4.69) is 0 Å². The maximum atomic E-state index is 14.0. The third-order valence-corrected chi connectivity index (χ3v) is 9.67. The van der Waals surface area contributed by atoms with Crippen LogP contribution in [0.4, 0.5) is 14.5 Å². The minimum Gasteiger partial charge on any atom is -0.366 e. The van der Waals surface area contributed by atoms with Crippen LogP contribution < -0.4 is 5.73 Å². The van der Waals surface area contributed by atoms with Gasteiger partial charge in [-0.2, -0.15) is 4.31 Å². The summed E-state index contributed by atoms with van der Waals surface area (Å²) in [5, 5.41) is 11.4. The molecule has 0 bridgehead atoms. The van der Waals surface area contributed by atoms with Crippen LogP contribution >= 0.6 is 11.3 Å². The Hall–Kier alpha value is -3.55. The summed E-state index contributed by atoms with van der Waals surface area (Å²) >= 11 is 0.920. The topological polar surface area (TPSA) is 141 Å². The van der Waals surface area contributed by atoms with Crippen LogP contribution in [0.5, 0.6) is 0 Å². The number of carbonyl (C=O) groups is 2. The third-order valence-electron chi connectivity index (χ3n) is 6.22. The van der Waals surface area contributed by atoms with Gasteiger partial charge in [-0.15, -0.1) is 11.3 Å². The zero-order valence-corrected chi connectivity index (χ0v) is 20.9. The van der Waals surface area contributed by atoms with Crippen LogP contribution in [-0.4, -0.2) is 42.4 Å². The molecular weight excluding hydrogens is 528 g/mol. The van der Waals surface area contributed by atoms with E-state index in [0.29, 0.717) is 10.9 Å². The van der Waals surface area contributed by atoms with Crippen LogP contribution in [0.15, 0.2) is 52.7 Å². The molecule has 0 radical (unpaired) electrons. The summed E-state index contributed by atoms with van der Waals surface area (Å²) in [5.41, 5.74) is 4.93. The number of benzene rings is 2. The molecule has 1 fully saturated rings. The minimum absolute atomic E-state index is 0.0102. The van der Waals surface area contributed by atoms with E-state index in [9.17, 15) is 36.9 Å². The number of amides is 1. The van der Waals surface area contributed by atoms with Crippen LogP contribution in [-0.2, 0) is 16.4 Å². The number of nitrogens with two attached hydrogens (primary N) is 1. The average molecular weight is 550 g/mol. The van der Waals surface area contributed by atoms with Gasteiger partial charge in [0, 0.05) is 53.6 Å². The standard InChI is InChI=1S/C24H21F2N3O6S2/c25-15-4-6-18(20(26)12-15)23(30)14-8-10-28(11-9-14)37(34,35)22-7-5-16(36-22)13-19-17(24(27)31)2-1-3-21(19)29(32)33/h1-7,12,14H,8-11,13H2,(H2,27,31). The fourth-order valence-corrected chi connectivity index (χ4v) is 7.31. The van der Waals surface area contributed by atoms with Crippen LogP contribution in [0.3, 0.4) is 0 Å². The van der Waals surface area contributed by atoms with Gasteiger partial charge < -0.3 is 5.73 Å². The molecular formula is C24H21F2N3O6S2. The number of rotatable bonds is 8. The molecule has 194 valence electrons. The Morgan fingerprint density at radius 2 is 1.78 bits per heavy atom. The number of hydrogen-bond donors (Lipinski definition) is 1. The van der Waals surface area contributed by atoms with E-state index in [-0.39, 0.29) is 58.9 Å². The monoisotopic (exact) mass is 549 g/mol. The highest BCUT2D eigenvalue weighted by atomic mass is 32.2. The van der Waals surface area contributed by atoms with E-state index in [4.69, 9.17) is 5.73 Å². The molecule has 1 amide bonds. The van der Waals surface area contributed by atoms with E-state index in [0.717, 1.165) is 23.5 Å². The number of nitro groups is 1. The number of nitro benzene ring substituents is 1. The molecule has 13 heteroatoms. The van der Waals surface area contributed by atoms with Gasteiger partial charge in [-0.1, -0.05) is 6.07 Å². The summed E-state index contributed by atoms with van der Waals surface area (Å²) in [4.78, 5) is 35.8. The number of halogens is 2. The van der Waals surface area contributed by atoms with Crippen molar-refractivity contribution in [1.82, 2.24) is 4.31 Å². The lowest BCUT2D eigenvalue weighted by Crippen LogP contribution is -2.40. The summed E-state index contributed by atoms with van der Waals surface area (Å²) in [7, 11) is -3.92. The molecule has 0 unspecified atom stereocenters. The predicted molar refractivity (Wildman–Crippen MR) is 131 cm³/mol. The highest BCUT2D eigenvalue weighted by Gasteiger charge is 2.34. The molecule has 1 aliphatic rings. The lowest BCUT2D eigenvalue weighted by Gasteiger charge is -2.30. The number of primary amides is 1. The minimum atomic E-state index is -3.92. The molecule has 0 atom stereocenters. The van der Waals surface area contributed by atoms with Crippen LogP contribution in [0.1, 0.15) is 44.0 Å². The molecule has 9 nitrogen and oxygen atoms in total. The fourth-order valence-electron chi connectivity index (χ4n) is 4.32. The normalized spacial score (nSPS) is 15.0. The average Bonchev–Trinajstić information content (AvgIpc) is 3.33. The second-order valence-corrected chi connectivity index (χ2v) is 11.8. The van der Waals surface area contributed by atoms with Gasteiger partial charge in [-0.05, 0) is 43.2 Å². The molecule has 0 spiro atoms. The summed E-state index contributed by atoms with van der Waals surface area (Å²) in [6.45, 7) is 0.0650. The highest BCUT2D eigenvalue weighted by Crippen LogP contribution is 2.33. The molecule has 3 aromatic rings. The van der Waals surface area contributed by atoms with E-state index >= 15 is 0 Å². The lowest BCUT2D eigenvalue weighted by molar-refractivity contribution is -0.385. The Balaban J connectivity index is 1.49. The van der Waals surface area contributed by atoms with Gasteiger partial charge in [0.2, 0.25) is 5.91 Å². The first-order valence-corrected chi connectivity index (χ1v) is 13.4. The molecule has 4 rings (SSSR count). The third kappa shape index (κ3) is 5.43. The molecule has 2 heterocycles. The Morgan fingerprint density at radius 1 is 1.08 bits per heavy atom. The Kier molecular flexibility index (Phi) is 7.48. The lowest BCUT2D eigenvalue weighted by atomic mass is 9.89. The second-order valence-electron chi connectivity index (χ2n) is 8.49. The van der Waals surface area contributed by atoms with Gasteiger partial charge in [-0.3, -0.25) is 19.7 Å². The van der Waals surface area contributed by atoms with Gasteiger partial charge in [0.1, 0.15) is 15.8 Å². The number of ketones is 1. The maximum absolute atomic E-state index is 14.0. The van der Waals surface area contributed by atoms with Crippen molar-refractivity contribution in [2.24, 2.45) is 11.7 Å². The van der Waals surface area contributed by atoms with Crippen LogP contribution in [0, 0.1) is 27.7 Å². The first kappa shape index (κ1) is 26.5. The first-order chi connectivity index (χ1) is 17.5. The molecule has 1 aromatic heterocycles.